The number of Topliss-reactive ketones (excluding diaryl/α,β-unsaturated/α-hetero) is 1. The number of ketones is 2. The summed E-state index contributed by atoms with van der Waals surface area (Å²) in [6.45, 7) is 20.9. The summed E-state index contributed by atoms with van der Waals surface area (Å²) in [7, 11) is 0. The normalized spacial score (nSPS) is 18.6. The highest BCUT2D eigenvalue weighted by atomic mass is 79.9. The van der Waals surface area contributed by atoms with E-state index in [4.69, 9.17) is 9.47 Å². The van der Waals surface area contributed by atoms with Crippen LogP contribution >= 0.6 is 15.9 Å². The Morgan fingerprint density at radius 3 is 1.71 bits per heavy atom. The summed E-state index contributed by atoms with van der Waals surface area (Å²) in [5.74, 6) is -0.0393. The molecule has 2 aliphatic rings. The molecule has 9 heteroatoms. The minimum Gasteiger partial charge on any atom is -0.460 e. The fourth-order valence-corrected chi connectivity index (χ4v) is 5.06. The van der Waals surface area contributed by atoms with Gasteiger partial charge >= 0.3 is 11.9 Å². The maximum Gasteiger partial charge on any atom is 0.306 e. The fraction of sp³-hybridized carbons (Fsp3) is 0.750. The lowest BCUT2D eigenvalue weighted by Gasteiger charge is -2.31. The van der Waals surface area contributed by atoms with E-state index in [0.29, 0.717) is 56.1 Å². The molecular formula is C32H53BrN2O6. The van der Waals surface area contributed by atoms with Crippen molar-refractivity contribution in [1.82, 2.24) is 10.6 Å². The fourth-order valence-electron chi connectivity index (χ4n) is 4.64. The molecule has 0 saturated carbocycles. The van der Waals surface area contributed by atoms with Crippen molar-refractivity contribution in [3.63, 3.8) is 0 Å². The largest absolute Gasteiger partial charge is 0.460 e. The van der Waals surface area contributed by atoms with Crippen LogP contribution in [0.4, 0.5) is 0 Å². The topological polar surface area (TPSA) is 111 Å². The van der Waals surface area contributed by atoms with Crippen molar-refractivity contribution in [3.05, 3.63) is 22.0 Å². The molecule has 0 atom stereocenters. The van der Waals surface area contributed by atoms with Crippen LogP contribution in [-0.2, 0) is 28.7 Å². The molecule has 0 aliphatic heterocycles. The van der Waals surface area contributed by atoms with Gasteiger partial charge in [-0.3, -0.25) is 19.2 Å². The van der Waals surface area contributed by atoms with Gasteiger partial charge in [0, 0.05) is 56.2 Å². The van der Waals surface area contributed by atoms with Crippen molar-refractivity contribution in [3.8, 4) is 0 Å². The Morgan fingerprint density at radius 2 is 1.24 bits per heavy atom. The second kappa shape index (κ2) is 15.4. The second-order valence-corrected chi connectivity index (χ2v) is 15.4. The molecule has 0 saturated heterocycles. The number of ether oxygens (including phenoxy) is 2. The Bertz CT molecular complexity index is 1010. The van der Waals surface area contributed by atoms with Gasteiger partial charge in [-0.15, -0.1) is 0 Å². The van der Waals surface area contributed by atoms with Crippen LogP contribution in [0.2, 0.25) is 0 Å². The average Bonchev–Trinajstić information content (AvgIpc) is 2.74. The third-order valence-electron chi connectivity index (χ3n) is 6.11. The summed E-state index contributed by atoms with van der Waals surface area (Å²) in [4.78, 5) is 46.6. The number of rotatable bonds is 10. The Kier molecular flexibility index (Phi) is 13.8. The molecule has 0 aromatic carbocycles. The van der Waals surface area contributed by atoms with Crippen molar-refractivity contribution in [1.29, 1.82) is 0 Å². The predicted molar refractivity (Wildman–Crippen MR) is 166 cm³/mol. The third-order valence-corrected chi connectivity index (χ3v) is 7.03. The van der Waals surface area contributed by atoms with E-state index in [9.17, 15) is 19.2 Å². The molecule has 8 nitrogen and oxygen atoms in total. The van der Waals surface area contributed by atoms with Gasteiger partial charge in [0.2, 0.25) is 0 Å². The van der Waals surface area contributed by atoms with E-state index in [0.717, 1.165) is 24.2 Å². The first-order valence-corrected chi connectivity index (χ1v) is 15.4. The number of hydrogen-bond acceptors (Lipinski definition) is 8. The predicted octanol–water partition coefficient (Wildman–Crippen LogP) is 6.66. The second-order valence-electron chi connectivity index (χ2n) is 14.6. The van der Waals surface area contributed by atoms with Gasteiger partial charge in [0.1, 0.15) is 11.2 Å². The van der Waals surface area contributed by atoms with E-state index in [1.807, 2.05) is 41.5 Å². The molecule has 0 unspecified atom stereocenters. The van der Waals surface area contributed by atoms with Crippen LogP contribution in [0.1, 0.15) is 121 Å². The first-order chi connectivity index (χ1) is 18.6. The lowest BCUT2D eigenvalue weighted by molar-refractivity contribution is -0.156. The summed E-state index contributed by atoms with van der Waals surface area (Å²) in [5.41, 5.74) is 1.08. The van der Waals surface area contributed by atoms with Gasteiger partial charge < -0.3 is 20.1 Å². The monoisotopic (exact) mass is 640 g/mol. The van der Waals surface area contributed by atoms with Crippen LogP contribution in [0.15, 0.2) is 22.0 Å². The molecule has 2 N–H and O–H groups in total. The van der Waals surface area contributed by atoms with Crippen LogP contribution in [0.25, 0.3) is 0 Å². The van der Waals surface area contributed by atoms with Crippen LogP contribution in [-0.4, -0.2) is 47.8 Å². The third kappa shape index (κ3) is 16.8. The zero-order valence-electron chi connectivity index (χ0n) is 27.0. The van der Waals surface area contributed by atoms with Gasteiger partial charge in [-0.25, -0.2) is 0 Å². The lowest BCUT2D eigenvalue weighted by Crippen LogP contribution is -2.30. The van der Waals surface area contributed by atoms with E-state index in [-0.39, 0.29) is 34.3 Å². The quantitative estimate of drug-likeness (QED) is 0.201. The first kappa shape index (κ1) is 36.9. The summed E-state index contributed by atoms with van der Waals surface area (Å²) in [6, 6.07) is 0. The van der Waals surface area contributed by atoms with Crippen LogP contribution < -0.4 is 10.6 Å². The van der Waals surface area contributed by atoms with Gasteiger partial charge in [-0.1, -0.05) is 27.7 Å². The number of halogens is 1. The SMILES string of the molecule is CC1(C)CC(=O)C(Br)=C(NCCCC(=O)OC(C)(C)C)C1.CC1(C)CC(=O)C=C(NCCCC(=O)OC(C)(C)C)C1. The average molecular weight is 642 g/mol. The summed E-state index contributed by atoms with van der Waals surface area (Å²) >= 11 is 3.37. The standard InChI is InChI=1S/C16H26BrNO3.C16H27NO3/c1-15(2,3)21-13(20)7-6-8-18-11-9-16(4,5)10-12(19)14(11)17;1-15(2,3)20-14(19)7-6-8-17-12-9-13(18)11-16(4,5)10-12/h18H,6-10H2,1-5H3;9,17H,6-8,10-11H2,1-5H3. The summed E-state index contributed by atoms with van der Waals surface area (Å²) in [5, 5.41) is 6.54. The number of carbonyl (C=O) groups is 4. The van der Waals surface area contributed by atoms with Gasteiger partial charge in [0.25, 0.3) is 0 Å². The van der Waals surface area contributed by atoms with Gasteiger partial charge in [-0.2, -0.15) is 0 Å². The van der Waals surface area contributed by atoms with Gasteiger partial charge in [-0.05, 0) is 94.0 Å². The van der Waals surface area contributed by atoms with Crippen molar-refractivity contribution in [2.24, 2.45) is 10.8 Å². The Hall–Kier alpha value is -2.16. The van der Waals surface area contributed by atoms with Crippen molar-refractivity contribution >= 4 is 39.4 Å². The molecule has 2 rings (SSSR count). The van der Waals surface area contributed by atoms with Crippen LogP contribution in [0.3, 0.4) is 0 Å². The molecule has 0 aromatic heterocycles. The number of hydrogen-bond donors (Lipinski definition) is 2. The highest BCUT2D eigenvalue weighted by molar-refractivity contribution is 9.12. The molecule has 0 amide bonds. The highest BCUT2D eigenvalue weighted by Crippen LogP contribution is 2.37. The van der Waals surface area contributed by atoms with E-state index >= 15 is 0 Å². The zero-order valence-corrected chi connectivity index (χ0v) is 28.6. The van der Waals surface area contributed by atoms with Gasteiger partial charge in [0.05, 0.1) is 4.48 Å². The number of nitrogens with one attached hydrogen (secondary N) is 2. The lowest BCUT2D eigenvalue weighted by atomic mass is 9.79. The molecule has 41 heavy (non-hydrogen) atoms. The number of esters is 2. The molecule has 0 aromatic rings. The Morgan fingerprint density at radius 1 is 0.780 bits per heavy atom. The molecule has 0 bridgehead atoms. The molecule has 0 heterocycles. The van der Waals surface area contributed by atoms with Gasteiger partial charge in [0.15, 0.2) is 11.6 Å². The van der Waals surface area contributed by atoms with Crippen LogP contribution in [0.5, 0.6) is 0 Å². The molecular weight excluding hydrogens is 588 g/mol. The molecule has 0 spiro atoms. The first-order valence-electron chi connectivity index (χ1n) is 14.6. The van der Waals surface area contributed by atoms with E-state index < -0.39 is 11.2 Å². The van der Waals surface area contributed by atoms with Crippen molar-refractivity contribution in [2.75, 3.05) is 13.1 Å². The highest BCUT2D eigenvalue weighted by Gasteiger charge is 2.32. The minimum atomic E-state index is -0.435. The molecule has 2 aliphatic carbocycles. The number of carbonyl (C=O) groups excluding carboxylic acids is 4. The van der Waals surface area contributed by atoms with Crippen molar-refractivity contribution < 1.29 is 28.7 Å². The minimum absolute atomic E-state index is 0.0121. The summed E-state index contributed by atoms with van der Waals surface area (Å²) < 4.78 is 11.2. The van der Waals surface area contributed by atoms with Crippen molar-refractivity contribution in [2.45, 2.75) is 132 Å². The molecule has 0 fully saturated rings. The number of allylic oxidation sites excluding steroid dienone is 4. The molecule has 0 radical (unpaired) electrons. The smallest absolute Gasteiger partial charge is 0.306 e. The van der Waals surface area contributed by atoms with Crippen LogP contribution in [0, 0.1) is 10.8 Å². The maximum absolute atomic E-state index is 11.9. The van der Waals surface area contributed by atoms with E-state index in [2.05, 4.69) is 54.3 Å². The van der Waals surface area contributed by atoms with E-state index in [1.54, 1.807) is 6.08 Å². The Labute approximate surface area is 256 Å². The zero-order chi connectivity index (χ0) is 31.6. The molecule has 234 valence electrons. The summed E-state index contributed by atoms with van der Waals surface area (Å²) in [6.07, 6.45) is 6.76. The van der Waals surface area contributed by atoms with E-state index in [1.165, 1.54) is 0 Å². The maximum atomic E-state index is 11.9. The Balaban J connectivity index is 0.000000410.